The van der Waals surface area contributed by atoms with Crippen LogP contribution >= 0.6 is 0 Å². The largest absolute Gasteiger partial charge is 0.508 e. The zero-order valence-corrected chi connectivity index (χ0v) is 10.3. The molecule has 0 radical (unpaired) electrons. The van der Waals surface area contributed by atoms with Crippen molar-refractivity contribution in [2.75, 3.05) is 27.1 Å². The van der Waals surface area contributed by atoms with Crippen molar-refractivity contribution in [1.82, 2.24) is 0 Å². The monoisotopic (exact) mass is 254 g/mol. The zero-order valence-electron chi connectivity index (χ0n) is 10.3. The Balaban J connectivity index is 2.34. The molecule has 2 N–H and O–H groups in total. The van der Waals surface area contributed by atoms with Crippen molar-refractivity contribution >= 4 is 0 Å². The SMILES string of the molecule is COCOC1(c2cccc(O)c2)CCOCC1O. The van der Waals surface area contributed by atoms with Crippen LogP contribution in [0.4, 0.5) is 0 Å². The molecular weight excluding hydrogens is 236 g/mol. The number of methoxy groups -OCH3 is 1. The third-order valence-corrected chi connectivity index (χ3v) is 3.20. The van der Waals surface area contributed by atoms with Gasteiger partial charge in [-0.15, -0.1) is 0 Å². The number of hydrogen-bond donors (Lipinski definition) is 2. The first-order valence-electron chi connectivity index (χ1n) is 5.87. The van der Waals surface area contributed by atoms with Gasteiger partial charge >= 0.3 is 0 Å². The number of aliphatic hydroxyl groups is 1. The highest BCUT2D eigenvalue weighted by molar-refractivity contribution is 5.32. The third kappa shape index (κ3) is 2.49. The predicted molar refractivity (Wildman–Crippen MR) is 64.2 cm³/mol. The van der Waals surface area contributed by atoms with Crippen molar-refractivity contribution in [2.45, 2.75) is 18.1 Å². The number of hydrogen-bond acceptors (Lipinski definition) is 5. The van der Waals surface area contributed by atoms with Gasteiger partial charge in [0.25, 0.3) is 0 Å². The predicted octanol–water partition coefficient (Wildman–Crippen LogP) is 0.989. The van der Waals surface area contributed by atoms with Gasteiger partial charge in [-0.1, -0.05) is 12.1 Å². The first kappa shape index (κ1) is 13.3. The van der Waals surface area contributed by atoms with Crippen LogP contribution < -0.4 is 0 Å². The molecule has 1 saturated heterocycles. The summed E-state index contributed by atoms with van der Waals surface area (Å²) < 4.78 is 15.9. The summed E-state index contributed by atoms with van der Waals surface area (Å²) in [6.07, 6.45) is -0.274. The van der Waals surface area contributed by atoms with Gasteiger partial charge in [0.15, 0.2) is 0 Å². The highest BCUT2D eigenvalue weighted by Gasteiger charge is 2.43. The average molecular weight is 254 g/mol. The van der Waals surface area contributed by atoms with E-state index in [1.807, 2.05) is 6.07 Å². The quantitative estimate of drug-likeness (QED) is 0.784. The Labute approximate surface area is 106 Å². The Morgan fingerprint density at radius 2 is 2.33 bits per heavy atom. The normalized spacial score (nSPS) is 28.2. The molecule has 0 saturated carbocycles. The van der Waals surface area contributed by atoms with E-state index in [0.717, 1.165) is 5.56 Å². The van der Waals surface area contributed by atoms with Crippen LogP contribution in [-0.4, -0.2) is 43.4 Å². The van der Waals surface area contributed by atoms with Crippen LogP contribution in [0, 0.1) is 0 Å². The minimum Gasteiger partial charge on any atom is -0.508 e. The molecule has 1 aliphatic rings. The van der Waals surface area contributed by atoms with Gasteiger partial charge in [0.2, 0.25) is 0 Å². The number of phenols is 1. The van der Waals surface area contributed by atoms with Gasteiger partial charge in [0.1, 0.15) is 24.2 Å². The molecule has 1 aromatic rings. The maximum absolute atomic E-state index is 10.2. The molecule has 1 aliphatic heterocycles. The number of benzene rings is 1. The van der Waals surface area contributed by atoms with Gasteiger partial charge in [0.05, 0.1) is 6.61 Å². The van der Waals surface area contributed by atoms with Gasteiger partial charge in [-0.2, -0.15) is 0 Å². The molecule has 2 atom stereocenters. The van der Waals surface area contributed by atoms with E-state index in [2.05, 4.69) is 0 Å². The summed E-state index contributed by atoms with van der Waals surface area (Å²) in [6, 6.07) is 6.73. The summed E-state index contributed by atoms with van der Waals surface area (Å²) >= 11 is 0. The highest BCUT2D eigenvalue weighted by Crippen LogP contribution is 2.37. The maximum Gasteiger partial charge on any atom is 0.147 e. The molecule has 5 heteroatoms. The van der Waals surface area contributed by atoms with E-state index < -0.39 is 11.7 Å². The molecule has 0 bridgehead atoms. The molecule has 100 valence electrons. The van der Waals surface area contributed by atoms with Gasteiger partial charge in [-0.25, -0.2) is 0 Å². The summed E-state index contributed by atoms with van der Waals surface area (Å²) in [5, 5.41) is 19.8. The molecule has 1 heterocycles. The van der Waals surface area contributed by atoms with E-state index in [1.165, 1.54) is 7.11 Å². The van der Waals surface area contributed by atoms with Crippen molar-refractivity contribution in [3.8, 4) is 5.75 Å². The second-order valence-corrected chi connectivity index (χ2v) is 4.33. The van der Waals surface area contributed by atoms with Crippen molar-refractivity contribution in [3.05, 3.63) is 29.8 Å². The first-order valence-corrected chi connectivity index (χ1v) is 5.87. The standard InChI is InChI=1S/C13H18O5/c1-16-9-18-13(5-6-17-8-12(13)15)10-3-2-4-11(14)7-10/h2-4,7,12,14-15H,5-6,8-9H2,1H3. The van der Waals surface area contributed by atoms with Crippen LogP contribution in [0.3, 0.4) is 0 Å². The Kier molecular flexibility index (Phi) is 4.19. The smallest absolute Gasteiger partial charge is 0.147 e. The molecule has 2 rings (SSSR count). The molecule has 0 aliphatic carbocycles. The minimum absolute atomic E-state index is 0.0761. The summed E-state index contributed by atoms with van der Waals surface area (Å²) in [6.45, 7) is 0.780. The summed E-state index contributed by atoms with van der Waals surface area (Å²) in [5.41, 5.74) is -0.150. The van der Waals surface area contributed by atoms with E-state index in [1.54, 1.807) is 18.2 Å². The number of phenolic OH excluding ortho intramolecular Hbond substituents is 1. The second kappa shape index (κ2) is 5.67. The topological polar surface area (TPSA) is 68.2 Å². The third-order valence-electron chi connectivity index (χ3n) is 3.20. The van der Waals surface area contributed by atoms with Crippen LogP contribution in [0.25, 0.3) is 0 Å². The summed E-state index contributed by atoms with van der Waals surface area (Å²) in [4.78, 5) is 0. The number of rotatable bonds is 4. The van der Waals surface area contributed by atoms with E-state index in [-0.39, 0.29) is 19.1 Å². The molecule has 5 nitrogen and oxygen atoms in total. The Hall–Kier alpha value is -1.14. The molecule has 0 amide bonds. The number of aliphatic hydroxyl groups excluding tert-OH is 1. The van der Waals surface area contributed by atoms with E-state index in [4.69, 9.17) is 14.2 Å². The molecule has 0 spiro atoms. The van der Waals surface area contributed by atoms with E-state index in [0.29, 0.717) is 13.0 Å². The molecule has 2 unspecified atom stereocenters. The Morgan fingerprint density at radius 1 is 1.50 bits per heavy atom. The zero-order chi connectivity index (χ0) is 13.0. The van der Waals surface area contributed by atoms with Crippen LogP contribution in [0.1, 0.15) is 12.0 Å². The van der Waals surface area contributed by atoms with E-state index in [9.17, 15) is 10.2 Å². The lowest BCUT2D eigenvalue weighted by molar-refractivity contribution is -0.223. The van der Waals surface area contributed by atoms with Crippen LogP contribution in [-0.2, 0) is 19.8 Å². The Morgan fingerprint density at radius 3 is 3.00 bits per heavy atom. The average Bonchev–Trinajstić information content (AvgIpc) is 2.38. The number of ether oxygens (including phenoxy) is 3. The lowest BCUT2D eigenvalue weighted by atomic mass is 9.84. The van der Waals surface area contributed by atoms with Crippen molar-refractivity contribution in [1.29, 1.82) is 0 Å². The molecule has 1 aromatic carbocycles. The maximum atomic E-state index is 10.2. The first-order chi connectivity index (χ1) is 8.69. The lowest BCUT2D eigenvalue weighted by Gasteiger charge is -2.41. The fourth-order valence-corrected chi connectivity index (χ4v) is 2.24. The van der Waals surface area contributed by atoms with Crippen molar-refractivity contribution in [2.24, 2.45) is 0 Å². The highest BCUT2D eigenvalue weighted by atomic mass is 16.7. The summed E-state index contributed by atoms with van der Waals surface area (Å²) in [5.74, 6) is 0.145. The minimum atomic E-state index is -0.882. The molecular formula is C13H18O5. The molecule has 18 heavy (non-hydrogen) atoms. The van der Waals surface area contributed by atoms with Gasteiger partial charge in [-0.3, -0.25) is 0 Å². The lowest BCUT2D eigenvalue weighted by Crippen LogP contribution is -2.49. The van der Waals surface area contributed by atoms with Crippen molar-refractivity contribution < 1.29 is 24.4 Å². The van der Waals surface area contributed by atoms with Gasteiger partial charge in [-0.05, 0) is 17.7 Å². The molecule has 0 aromatic heterocycles. The Bertz CT molecular complexity index is 395. The van der Waals surface area contributed by atoms with Crippen LogP contribution in [0.2, 0.25) is 0 Å². The summed E-state index contributed by atoms with van der Waals surface area (Å²) in [7, 11) is 1.53. The van der Waals surface area contributed by atoms with Crippen LogP contribution in [0.15, 0.2) is 24.3 Å². The van der Waals surface area contributed by atoms with Gasteiger partial charge in [0, 0.05) is 20.1 Å². The fraction of sp³-hybridized carbons (Fsp3) is 0.538. The van der Waals surface area contributed by atoms with Crippen molar-refractivity contribution in [3.63, 3.8) is 0 Å². The fourth-order valence-electron chi connectivity index (χ4n) is 2.24. The number of aromatic hydroxyl groups is 1. The van der Waals surface area contributed by atoms with E-state index >= 15 is 0 Å². The van der Waals surface area contributed by atoms with Gasteiger partial charge < -0.3 is 24.4 Å². The van der Waals surface area contributed by atoms with Crippen LogP contribution in [0.5, 0.6) is 5.75 Å². The second-order valence-electron chi connectivity index (χ2n) is 4.33. The molecule has 1 fully saturated rings.